The first-order chi connectivity index (χ1) is 13.9. The lowest BCUT2D eigenvalue weighted by molar-refractivity contribution is -0.384. The van der Waals surface area contributed by atoms with Crippen molar-refractivity contribution in [3.63, 3.8) is 0 Å². The van der Waals surface area contributed by atoms with Gasteiger partial charge in [0.2, 0.25) is 5.91 Å². The Bertz CT molecular complexity index is 1130. The van der Waals surface area contributed by atoms with Crippen LogP contribution in [0.2, 0.25) is 5.02 Å². The van der Waals surface area contributed by atoms with Gasteiger partial charge in [-0.1, -0.05) is 23.4 Å². The van der Waals surface area contributed by atoms with Crippen molar-refractivity contribution in [3.05, 3.63) is 49.6 Å². The van der Waals surface area contributed by atoms with Crippen LogP contribution in [0, 0.1) is 17.0 Å². The smallest absolute Gasteiger partial charge is 0.271 e. The molecule has 0 atom stereocenters. The fraction of sp³-hybridized carbons (Fsp3) is 0.316. The number of aromatic nitrogens is 2. The molecule has 0 fully saturated rings. The molecule has 150 valence electrons. The van der Waals surface area contributed by atoms with Gasteiger partial charge in [-0.2, -0.15) is 0 Å². The van der Waals surface area contributed by atoms with E-state index in [0.29, 0.717) is 5.82 Å². The normalized spacial score (nSPS) is 13.3. The predicted molar refractivity (Wildman–Crippen MR) is 116 cm³/mol. The highest BCUT2D eigenvalue weighted by Crippen LogP contribution is 2.39. The number of rotatable bonds is 5. The fourth-order valence-electron chi connectivity index (χ4n) is 3.37. The SMILES string of the molecule is Cc1nc(SCC(=O)Nc2cc([N+](=O)[O-])ccc2Cl)c2c3c(sc2n1)CCCC3. The fourth-order valence-corrected chi connectivity index (χ4v) is 5.81. The summed E-state index contributed by atoms with van der Waals surface area (Å²) in [6.07, 6.45) is 4.44. The zero-order chi connectivity index (χ0) is 20.5. The topological polar surface area (TPSA) is 98.0 Å². The van der Waals surface area contributed by atoms with Crippen LogP contribution in [0.3, 0.4) is 0 Å². The second kappa shape index (κ2) is 8.25. The van der Waals surface area contributed by atoms with E-state index in [0.717, 1.165) is 34.5 Å². The average Bonchev–Trinajstić information content (AvgIpc) is 3.05. The Morgan fingerprint density at radius 2 is 2.14 bits per heavy atom. The van der Waals surface area contributed by atoms with E-state index in [1.54, 1.807) is 11.3 Å². The number of fused-ring (bicyclic) bond motifs is 3. The van der Waals surface area contributed by atoms with Crippen molar-refractivity contribution in [1.29, 1.82) is 0 Å². The molecule has 4 rings (SSSR count). The van der Waals surface area contributed by atoms with Crippen molar-refractivity contribution in [2.75, 3.05) is 11.1 Å². The third-order valence-electron chi connectivity index (χ3n) is 4.67. The van der Waals surface area contributed by atoms with Gasteiger partial charge in [0.25, 0.3) is 5.69 Å². The summed E-state index contributed by atoms with van der Waals surface area (Å²) >= 11 is 9.14. The lowest BCUT2D eigenvalue weighted by Gasteiger charge is -2.12. The van der Waals surface area contributed by atoms with Crippen LogP contribution in [0.15, 0.2) is 23.2 Å². The van der Waals surface area contributed by atoms with Gasteiger partial charge in [-0.05, 0) is 44.2 Å². The standard InChI is InChI=1S/C19H17ClN4O3S2/c1-10-21-18(17-12-4-2-3-5-15(12)29-19(17)22-10)28-9-16(25)23-14-8-11(24(26)27)6-7-13(14)20/h6-8H,2-5,9H2,1H3,(H,23,25). The highest BCUT2D eigenvalue weighted by Gasteiger charge is 2.21. The second-order valence-electron chi connectivity index (χ2n) is 6.73. The Balaban J connectivity index is 1.54. The van der Waals surface area contributed by atoms with Crippen LogP contribution in [0.4, 0.5) is 11.4 Å². The lowest BCUT2D eigenvalue weighted by Crippen LogP contribution is -2.14. The minimum Gasteiger partial charge on any atom is -0.324 e. The van der Waals surface area contributed by atoms with Crippen molar-refractivity contribution in [1.82, 2.24) is 9.97 Å². The van der Waals surface area contributed by atoms with E-state index in [9.17, 15) is 14.9 Å². The van der Waals surface area contributed by atoms with Gasteiger partial charge >= 0.3 is 0 Å². The van der Waals surface area contributed by atoms with Crippen LogP contribution >= 0.6 is 34.7 Å². The summed E-state index contributed by atoms with van der Waals surface area (Å²) < 4.78 is 0. The number of anilines is 1. The zero-order valence-electron chi connectivity index (χ0n) is 15.5. The number of non-ortho nitro benzene ring substituents is 1. The molecule has 7 nitrogen and oxygen atoms in total. The van der Waals surface area contributed by atoms with E-state index < -0.39 is 4.92 Å². The van der Waals surface area contributed by atoms with Crippen molar-refractivity contribution in [2.45, 2.75) is 37.6 Å². The average molecular weight is 449 g/mol. The molecule has 0 bridgehead atoms. The number of benzene rings is 1. The van der Waals surface area contributed by atoms with E-state index in [1.807, 2.05) is 6.92 Å². The summed E-state index contributed by atoms with van der Waals surface area (Å²) in [7, 11) is 0. The molecule has 2 heterocycles. The van der Waals surface area contributed by atoms with E-state index in [-0.39, 0.29) is 28.1 Å². The number of hydrogen-bond donors (Lipinski definition) is 1. The maximum atomic E-state index is 12.5. The maximum Gasteiger partial charge on any atom is 0.271 e. The van der Waals surface area contributed by atoms with Gasteiger partial charge in [-0.3, -0.25) is 14.9 Å². The number of carbonyl (C=O) groups is 1. The number of hydrogen-bond acceptors (Lipinski definition) is 7. The van der Waals surface area contributed by atoms with E-state index in [1.165, 1.54) is 46.8 Å². The van der Waals surface area contributed by atoms with E-state index in [4.69, 9.17) is 11.6 Å². The molecule has 0 saturated carbocycles. The van der Waals surface area contributed by atoms with Gasteiger partial charge in [0.1, 0.15) is 15.7 Å². The minimum absolute atomic E-state index is 0.120. The summed E-state index contributed by atoms with van der Waals surface area (Å²) in [5.41, 5.74) is 1.42. The molecule has 1 N–H and O–H groups in total. The van der Waals surface area contributed by atoms with Gasteiger partial charge in [-0.15, -0.1) is 11.3 Å². The number of carbonyl (C=O) groups excluding carboxylic acids is 1. The van der Waals surface area contributed by atoms with E-state index in [2.05, 4.69) is 15.3 Å². The van der Waals surface area contributed by atoms with Gasteiger partial charge in [0, 0.05) is 22.4 Å². The zero-order valence-corrected chi connectivity index (χ0v) is 17.9. The number of nitro benzene ring substituents is 1. The van der Waals surface area contributed by atoms with Crippen LogP contribution in [-0.2, 0) is 17.6 Å². The lowest BCUT2D eigenvalue weighted by atomic mass is 9.97. The number of amides is 1. The van der Waals surface area contributed by atoms with Gasteiger partial charge in [0.05, 0.1) is 21.4 Å². The van der Waals surface area contributed by atoms with Crippen LogP contribution in [0.25, 0.3) is 10.2 Å². The quantitative estimate of drug-likeness (QED) is 0.250. The first-order valence-corrected chi connectivity index (χ1v) is 11.3. The molecule has 1 aromatic carbocycles. The van der Waals surface area contributed by atoms with Crippen LogP contribution in [0.5, 0.6) is 0 Å². The van der Waals surface area contributed by atoms with Crippen LogP contribution < -0.4 is 5.32 Å². The number of nitrogens with one attached hydrogen (secondary N) is 1. The number of nitro groups is 1. The molecular weight excluding hydrogens is 432 g/mol. The van der Waals surface area contributed by atoms with Crippen molar-refractivity contribution in [2.24, 2.45) is 0 Å². The Labute approximate surface area is 180 Å². The van der Waals surface area contributed by atoms with Crippen molar-refractivity contribution in [3.8, 4) is 0 Å². The number of thioether (sulfide) groups is 1. The third kappa shape index (κ3) is 4.22. The molecule has 0 radical (unpaired) electrons. The van der Waals surface area contributed by atoms with E-state index >= 15 is 0 Å². The molecule has 2 aromatic heterocycles. The number of nitrogens with zero attached hydrogens (tertiary/aromatic N) is 3. The molecule has 0 aliphatic heterocycles. The monoisotopic (exact) mass is 448 g/mol. The summed E-state index contributed by atoms with van der Waals surface area (Å²) in [5, 5.41) is 15.7. The first kappa shape index (κ1) is 20.1. The Morgan fingerprint density at radius 1 is 1.34 bits per heavy atom. The minimum atomic E-state index is -0.527. The number of thiophene rings is 1. The maximum absolute atomic E-state index is 12.5. The molecule has 3 aromatic rings. The molecule has 0 spiro atoms. The molecule has 10 heteroatoms. The Kier molecular flexibility index (Phi) is 5.71. The highest BCUT2D eigenvalue weighted by atomic mass is 35.5. The summed E-state index contributed by atoms with van der Waals surface area (Å²) in [6.45, 7) is 1.85. The summed E-state index contributed by atoms with van der Waals surface area (Å²) in [5.74, 6) is 0.501. The number of aryl methyl sites for hydroxylation is 3. The van der Waals surface area contributed by atoms with Crippen molar-refractivity contribution < 1.29 is 9.72 Å². The number of halogens is 1. The molecule has 0 saturated heterocycles. The van der Waals surface area contributed by atoms with Crippen LogP contribution in [-0.4, -0.2) is 26.6 Å². The highest BCUT2D eigenvalue weighted by molar-refractivity contribution is 8.00. The second-order valence-corrected chi connectivity index (χ2v) is 9.18. The van der Waals surface area contributed by atoms with Crippen LogP contribution in [0.1, 0.15) is 29.1 Å². The van der Waals surface area contributed by atoms with Gasteiger partial charge in [0.15, 0.2) is 0 Å². The molecule has 1 aliphatic rings. The van der Waals surface area contributed by atoms with Gasteiger partial charge in [-0.25, -0.2) is 9.97 Å². The molecule has 1 aliphatic carbocycles. The molecule has 1 amide bonds. The summed E-state index contributed by atoms with van der Waals surface area (Å²) in [6, 6.07) is 3.96. The molecular formula is C19H17ClN4O3S2. The molecule has 29 heavy (non-hydrogen) atoms. The molecule has 0 unspecified atom stereocenters. The van der Waals surface area contributed by atoms with Crippen molar-refractivity contribution >= 4 is 62.2 Å². The summed E-state index contributed by atoms with van der Waals surface area (Å²) in [4.78, 5) is 34.4. The Hall–Kier alpha value is -2.23. The first-order valence-electron chi connectivity index (χ1n) is 9.08. The largest absolute Gasteiger partial charge is 0.324 e. The predicted octanol–water partition coefficient (Wildman–Crippen LogP) is 5.17. The Morgan fingerprint density at radius 3 is 2.93 bits per heavy atom. The third-order valence-corrected chi connectivity index (χ3v) is 7.16. The van der Waals surface area contributed by atoms with Gasteiger partial charge < -0.3 is 5.32 Å².